The van der Waals surface area contributed by atoms with Crippen LogP contribution in [-0.2, 0) is 6.42 Å². The summed E-state index contributed by atoms with van der Waals surface area (Å²) >= 11 is 0. The lowest BCUT2D eigenvalue weighted by molar-refractivity contribution is -0.384. The van der Waals surface area contributed by atoms with Gasteiger partial charge in [0.05, 0.1) is 4.92 Å². The van der Waals surface area contributed by atoms with Crippen molar-refractivity contribution < 1.29 is 9.34 Å². The van der Waals surface area contributed by atoms with E-state index in [1.807, 2.05) is 6.92 Å². The molecular weight excluding hydrogens is 260 g/mol. The summed E-state index contributed by atoms with van der Waals surface area (Å²) in [5.74, 6) is 0.666. The van der Waals surface area contributed by atoms with E-state index in [4.69, 9.17) is 4.42 Å². The van der Waals surface area contributed by atoms with Gasteiger partial charge in [-0.1, -0.05) is 19.1 Å². The average molecular weight is 276 g/mol. The van der Waals surface area contributed by atoms with Crippen LogP contribution in [0.15, 0.2) is 22.6 Å². The Balaban J connectivity index is 2.30. The lowest BCUT2D eigenvalue weighted by Crippen LogP contribution is -2.16. The molecule has 7 heteroatoms. The molecule has 0 aliphatic heterocycles. The zero-order chi connectivity index (χ0) is 14.5. The zero-order valence-corrected chi connectivity index (χ0v) is 11.4. The molecule has 1 aromatic carbocycles. The summed E-state index contributed by atoms with van der Waals surface area (Å²) in [7, 11) is 0. The molecule has 0 radical (unpaired) electrons. The topological polar surface area (TPSA) is 94.1 Å². The van der Waals surface area contributed by atoms with Crippen LogP contribution in [0.4, 0.5) is 5.69 Å². The summed E-state index contributed by atoms with van der Waals surface area (Å²) in [4.78, 5) is 10.6. The molecule has 2 rings (SSSR count). The van der Waals surface area contributed by atoms with E-state index < -0.39 is 4.92 Å². The minimum Gasteiger partial charge on any atom is -0.420 e. The van der Waals surface area contributed by atoms with Gasteiger partial charge in [-0.3, -0.25) is 10.1 Å². The summed E-state index contributed by atoms with van der Waals surface area (Å²) in [6.07, 6.45) is 0.598. The second-order valence-electron chi connectivity index (χ2n) is 4.33. The number of nitro groups is 1. The molecule has 0 bridgehead atoms. The standard InChI is InChI=1S/C13H16N4O3/c1-3-14-8-7-11-15-16-13(20-11)12-9(2)5-4-6-10(12)17(18)19/h4-6,14H,3,7-8H2,1-2H3. The minimum atomic E-state index is -0.440. The first kappa shape index (κ1) is 14.1. The summed E-state index contributed by atoms with van der Waals surface area (Å²) in [6, 6.07) is 4.86. The number of benzene rings is 1. The van der Waals surface area contributed by atoms with Crippen molar-refractivity contribution in [1.29, 1.82) is 0 Å². The molecule has 0 saturated heterocycles. The zero-order valence-electron chi connectivity index (χ0n) is 11.4. The molecule has 1 heterocycles. The highest BCUT2D eigenvalue weighted by Gasteiger charge is 2.22. The van der Waals surface area contributed by atoms with Gasteiger partial charge in [-0.2, -0.15) is 0 Å². The third-order valence-corrected chi connectivity index (χ3v) is 2.89. The number of hydrogen-bond acceptors (Lipinski definition) is 6. The Hall–Kier alpha value is -2.28. The molecule has 1 aromatic heterocycles. The molecule has 0 atom stereocenters. The van der Waals surface area contributed by atoms with Gasteiger partial charge in [-0.05, 0) is 19.0 Å². The number of nitro benzene ring substituents is 1. The van der Waals surface area contributed by atoms with Crippen LogP contribution in [0.2, 0.25) is 0 Å². The second kappa shape index (κ2) is 6.25. The Labute approximate surface area is 116 Å². The van der Waals surface area contributed by atoms with Crippen LogP contribution in [0, 0.1) is 17.0 Å². The van der Waals surface area contributed by atoms with E-state index in [-0.39, 0.29) is 11.6 Å². The molecule has 0 fully saturated rings. The second-order valence-corrected chi connectivity index (χ2v) is 4.33. The SMILES string of the molecule is CCNCCc1nnc(-c2c(C)cccc2[N+](=O)[O-])o1. The summed E-state index contributed by atoms with van der Waals surface area (Å²) in [5.41, 5.74) is 1.10. The van der Waals surface area contributed by atoms with Gasteiger partial charge in [0.2, 0.25) is 5.89 Å². The molecule has 106 valence electrons. The van der Waals surface area contributed by atoms with Gasteiger partial charge in [0.1, 0.15) is 5.56 Å². The van der Waals surface area contributed by atoms with E-state index in [9.17, 15) is 10.1 Å². The van der Waals surface area contributed by atoms with Crippen LogP contribution >= 0.6 is 0 Å². The van der Waals surface area contributed by atoms with E-state index in [1.54, 1.807) is 19.1 Å². The van der Waals surface area contributed by atoms with Gasteiger partial charge in [-0.25, -0.2) is 0 Å². The fourth-order valence-corrected chi connectivity index (χ4v) is 1.91. The highest BCUT2D eigenvalue weighted by Crippen LogP contribution is 2.31. The molecule has 1 N–H and O–H groups in total. The third-order valence-electron chi connectivity index (χ3n) is 2.89. The molecule has 0 amide bonds. The van der Waals surface area contributed by atoms with Gasteiger partial charge >= 0.3 is 0 Å². The van der Waals surface area contributed by atoms with Crippen molar-refractivity contribution in [2.75, 3.05) is 13.1 Å². The van der Waals surface area contributed by atoms with Crippen molar-refractivity contribution in [3.8, 4) is 11.5 Å². The predicted molar refractivity (Wildman–Crippen MR) is 73.4 cm³/mol. The van der Waals surface area contributed by atoms with Crippen molar-refractivity contribution in [2.45, 2.75) is 20.3 Å². The minimum absolute atomic E-state index is 0.0214. The van der Waals surface area contributed by atoms with Crippen molar-refractivity contribution in [1.82, 2.24) is 15.5 Å². The molecule has 0 spiro atoms. The maximum Gasteiger partial charge on any atom is 0.282 e. The lowest BCUT2D eigenvalue weighted by atomic mass is 10.1. The molecule has 0 aliphatic carbocycles. The maximum absolute atomic E-state index is 11.1. The molecule has 20 heavy (non-hydrogen) atoms. The fourth-order valence-electron chi connectivity index (χ4n) is 1.91. The number of aryl methyl sites for hydroxylation is 1. The Morgan fingerprint density at radius 3 is 2.90 bits per heavy atom. The maximum atomic E-state index is 11.1. The molecule has 0 aliphatic rings. The van der Waals surface area contributed by atoms with Gasteiger partial charge in [0.15, 0.2) is 0 Å². The van der Waals surface area contributed by atoms with E-state index in [1.165, 1.54) is 6.07 Å². The quantitative estimate of drug-likeness (QED) is 0.493. The summed E-state index contributed by atoms with van der Waals surface area (Å²) in [5, 5.41) is 22.1. The van der Waals surface area contributed by atoms with Crippen LogP contribution in [0.1, 0.15) is 18.4 Å². The number of hydrogen-bond donors (Lipinski definition) is 1. The normalized spacial score (nSPS) is 10.7. The Bertz CT molecular complexity index is 609. The molecular formula is C13H16N4O3. The number of aromatic nitrogens is 2. The van der Waals surface area contributed by atoms with Gasteiger partial charge in [0.25, 0.3) is 11.6 Å². The van der Waals surface area contributed by atoms with E-state index >= 15 is 0 Å². The predicted octanol–water partition coefficient (Wildman–Crippen LogP) is 2.11. The molecule has 0 saturated carbocycles. The van der Waals surface area contributed by atoms with Crippen LogP contribution in [-0.4, -0.2) is 28.2 Å². The van der Waals surface area contributed by atoms with Crippen molar-refractivity contribution in [3.63, 3.8) is 0 Å². The van der Waals surface area contributed by atoms with Crippen molar-refractivity contribution in [2.24, 2.45) is 0 Å². The first-order valence-electron chi connectivity index (χ1n) is 6.41. The summed E-state index contributed by atoms with van der Waals surface area (Å²) in [6.45, 7) is 5.39. The Morgan fingerprint density at radius 1 is 1.40 bits per heavy atom. The number of rotatable bonds is 6. The van der Waals surface area contributed by atoms with Crippen LogP contribution in [0.3, 0.4) is 0 Å². The Kier molecular flexibility index (Phi) is 4.41. The van der Waals surface area contributed by atoms with E-state index in [0.717, 1.165) is 18.7 Å². The lowest BCUT2D eigenvalue weighted by Gasteiger charge is -2.01. The van der Waals surface area contributed by atoms with Gasteiger partial charge in [0, 0.05) is 19.0 Å². The van der Waals surface area contributed by atoms with Crippen LogP contribution < -0.4 is 5.32 Å². The third kappa shape index (κ3) is 3.00. The van der Waals surface area contributed by atoms with Gasteiger partial charge in [-0.15, -0.1) is 10.2 Å². The first-order valence-corrected chi connectivity index (χ1v) is 6.41. The van der Waals surface area contributed by atoms with Crippen LogP contribution in [0.25, 0.3) is 11.5 Å². The van der Waals surface area contributed by atoms with Crippen molar-refractivity contribution >= 4 is 5.69 Å². The number of likely N-dealkylation sites (N-methyl/N-ethyl adjacent to an activating group) is 1. The molecule has 2 aromatic rings. The summed E-state index contributed by atoms with van der Waals surface area (Å²) < 4.78 is 5.52. The monoisotopic (exact) mass is 276 g/mol. The highest BCUT2D eigenvalue weighted by atomic mass is 16.6. The fraction of sp³-hybridized carbons (Fsp3) is 0.385. The van der Waals surface area contributed by atoms with E-state index in [2.05, 4.69) is 15.5 Å². The highest BCUT2D eigenvalue weighted by molar-refractivity contribution is 5.70. The molecule has 7 nitrogen and oxygen atoms in total. The Morgan fingerprint density at radius 2 is 2.20 bits per heavy atom. The van der Waals surface area contributed by atoms with Crippen LogP contribution in [0.5, 0.6) is 0 Å². The van der Waals surface area contributed by atoms with Gasteiger partial charge < -0.3 is 9.73 Å². The van der Waals surface area contributed by atoms with Crippen molar-refractivity contribution in [3.05, 3.63) is 39.8 Å². The number of nitrogens with one attached hydrogen (secondary N) is 1. The van der Waals surface area contributed by atoms with E-state index in [0.29, 0.717) is 17.9 Å². The largest absolute Gasteiger partial charge is 0.420 e. The average Bonchev–Trinajstić information content (AvgIpc) is 2.87. The smallest absolute Gasteiger partial charge is 0.282 e. The number of nitrogens with zero attached hydrogens (tertiary/aromatic N) is 3. The first-order chi connectivity index (χ1) is 9.63. The molecule has 0 unspecified atom stereocenters.